The number of aromatic nitrogens is 1. The number of nitrogens with one attached hydrogen (secondary N) is 2. The second-order valence-electron chi connectivity index (χ2n) is 5.00. The maximum atomic E-state index is 5.60. The van der Waals surface area contributed by atoms with Crippen LogP contribution in [0.2, 0.25) is 0 Å². The lowest BCUT2D eigenvalue weighted by molar-refractivity contribution is 0.129. The van der Waals surface area contributed by atoms with Gasteiger partial charge in [-0.2, -0.15) is 0 Å². The molecule has 0 aromatic carbocycles. The Kier molecular flexibility index (Phi) is 6.26. The minimum absolute atomic E-state index is 0.622. The molecule has 1 aliphatic carbocycles. The van der Waals surface area contributed by atoms with Crippen molar-refractivity contribution in [2.24, 2.45) is 10.9 Å². The summed E-state index contributed by atoms with van der Waals surface area (Å²) >= 11 is 1.69. The van der Waals surface area contributed by atoms with Crippen molar-refractivity contribution < 1.29 is 4.74 Å². The van der Waals surface area contributed by atoms with Gasteiger partial charge in [-0.25, -0.2) is 9.98 Å². The summed E-state index contributed by atoms with van der Waals surface area (Å²) in [4.78, 5) is 10.1. The van der Waals surface area contributed by atoms with Crippen molar-refractivity contribution >= 4 is 17.3 Å². The van der Waals surface area contributed by atoms with Crippen molar-refractivity contribution in [2.75, 3.05) is 26.3 Å². The smallest absolute Gasteiger partial charge is 0.191 e. The Balaban J connectivity index is 1.67. The van der Waals surface area contributed by atoms with Crippen LogP contribution in [-0.4, -0.2) is 37.2 Å². The Bertz CT molecular complexity index is 429. The van der Waals surface area contributed by atoms with Gasteiger partial charge >= 0.3 is 0 Å². The first-order valence-corrected chi connectivity index (χ1v) is 8.10. The van der Waals surface area contributed by atoms with Gasteiger partial charge in [0.25, 0.3) is 0 Å². The average Bonchev–Trinajstić information content (AvgIpc) is 3.17. The molecule has 1 saturated carbocycles. The van der Waals surface area contributed by atoms with Crippen LogP contribution in [0.15, 0.2) is 11.2 Å². The number of hydrogen-bond donors (Lipinski definition) is 2. The van der Waals surface area contributed by atoms with Crippen LogP contribution >= 0.6 is 11.3 Å². The molecule has 1 aromatic heterocycles. The normalized spacial score (nSPS) is 15.4. The number of aliphatic imine (C=N–C) groups is 1. The molecule has 0 amide bonds. The largest absolute Gasteiger partial charge is 0.379 e. The lowest BCUT2D eigenvalue weighted by Gasteiger charge is -2.11. The molecule has 0 radical (unpaired) electrons. The van der Waals surface area contributed by atoms with Crippen molar-refractivity contribution in [2.45, 2.75) is 33.2 Å². The Morgan fingerprint density at radius 2 is 2.35 bits per heavy atom. The highest BCUT2D eigenvalue weighted by molar-refractivity contribution is 7.11. The Morgan fingerprint density at radius 3 is 3.00 bits per heavy atom. The van der Waals surface area contributed by atoms with E-state index in [1.54, 1.807) is 11.3 Å². The molecule has 6 heteroatoms. The standard InChI is InChI=1S/C14H24N4OS/c1-3-15-14(16-6-7-19-10-12-4-5-12)18-9-13-17-8-11(2)20-13/h8,12H,3-7,9-10H2,1-2H3,(H2,15,16,18). The zero-order valence-corrected chi connectivity index (χ0v) is 13.1. The Morgan fingerprint density at radius 1 is 1.50 bits per heavy atom. The van der Waals surface area contributed by atoms with Gasteiger partial charge in [0.2, 0.25) is 0 Å². The summed E-state index contributed by atoms with van der Waals surface area (Å²) in [7, 11) is 0. The van der Waals surface area contributed by atoms with E-state index in [2.05, 4.69) is 34.5 Å². The second-order valence-corrected chi connectivity index (χ2v) is 6.32. The molecule has 0 atom stereocenters. The highest BCUT2D eigenvalue weighted by Gasteiger charge is 2.20. The third-order valence-electron chi connectivity index (χ3n) is 2.98. The summed E-state index contributed by atoms with van der Waals surface area (Å²) in [5.74, 6) is 1.65. The highest BCUT2D eigenvalue weighted by atomic mass is 32.1. The van der Waals surface area contributed by atoms with Crippen LogP contribution in [0.5, 0.6) is 0 Å². The van der Waals surface area contributed by atoms with E-state index in [4.69, 9.17) is 4.74 Å². The second kappa shape index (κ2) is 8.21. The first-order valence-electron chi connectivity index (χ1n) is 7.29. The predicted octanol–water partition coefficient (Wildman–Crippen LogP) is 1.93. The van der Waals surface area contributed by atoms with E-state index in [1.807, 2.05) is 6.20 Å². The topological polar surface area (TPSA) is 58.5 Å². The van der Waals surface area contributed by atoms with Gasteiger partial charge in [-0.05, 0) is 32.6 Å². The molecule has 1 heterocycles. The van der Waals surface area contributed by atoms with Crippen molar-refractivity contribution in [3.8, 4) is 0 Å². The fraction of sp³-hybridized carbons (Fsp3) is 0.714. The van der Waals surface area contributed by atoms with Crippen LogP contribution in [0.1, 0.15) is 29.7 Å². The molecule has 1 aliphatic rings. The van der Waals surface area contributed by atoms with Gasteiger partial charge in [0.1, 0.15) is 5.01 Å². The molecule has 1 aromatic rings. The molecular formula is C14H24N4OS. The molecule has 0 spiro atoms. The van der Waals surface area contributed by atoms with Crippen LogP contribution in [0.25, 0.3) is 0 Å². The van der Waals surface area contributed by atoms with E-state index in [1.165, 1.54) is 17.7 Å². The number of nitrogens with zero attached hydrogens (tertiary/aromatic N) is 2. The molecular weight excluding hydrogens is 272 g/mol. The summed E-state index contributed by atoms with van der Waals surface area (Å²) in [5, 5.41) is 7.56. The van der Waals surface area contributed by atoms with Crippen LogP contribution in [0.4, 0.5) is 0 Å². The number of guanidine groups is 1. The highest BCUT2D eigenvalue weighted by Crippen LogP contribution is 2.28. The molecule has 0 saturated heterocycles. The van der Waals surface area contributed by atoms with Crippen LogP contribution < -0.4 is 10.6 Å². The summed E-state index contributed by atoms with van der Waals surface area (Å²) in [6.45, 7) is 8.03. The third-order valence-corrected chi connectivity index (χ3v) is 3.87. The number of ether oxygens (including phenoxy) is 1. The first kappa shape index (κ1) is 15.3. The molecule has 0 unspecified atom stereocenters. The molecule has 0 aliphatic heterocycles. The minimum Gasteiger partial charge on any atom is -0.379 e. The SMILES string of the molecule is CCNC(=NCc1ncc(C)s1)NCCOCC1CC1. The van der Waals surface area contributed by atoms with Crippen molar-refractivity contribution in [1.82, 2.24) is 15.6 Å². The number of hydrogen-bond acceptors (Lipinski definition) is 4. The Labute approximate surface area is 124 Å². The zero-order chi connectivity index (χ0) is 14.2. The van der Waals surface area contributed by atoms with Crippen LogP contribution in [-0.2, 0) is 11.3 Å². The Hall–Kier alpha value is -1.14. The minimum atomic E-state index is 0.622. The zero-order valence-electron chi connectivity index (χ0n) is 12.3. The molecule has 0 bridgehead atoms. The maximum absolute atomic E-state index is 5.60. The average molecular weight is 296 g/mol. The van der Waals surface area contributed by atoms with E-state index in [0.29, 0.717) is 6.54 Å². The summed E-state index contributed by atoms with van der Waals surface area (Å²) < 4.78 is 5.60. The molecule has 5 nitrogen and oxygen atoms in total. The van der Waals surface area contributed by atoms with Gasteiger partial charge in [0, 0.05) is 30.8 Å². The molecule has 20 heavy (non-hydrogen) atoms. The number of rotatable bonds is 8. The first-order chi connectivity index (χ1) is 9.78. The molecule has 2 rings (SSSR count). The van der Waals surface area contributed by atoms with Crippen molar-refractivity contribution in [3.63, 3.8) is 0 Å². The van der Waals surface area contributed by atoms with Gasteiger partial charge in [-0.3, -0.25) is 0 Å². The quantitative estimate of drug-likeness (QED) is 0.437. The van der Waals surface area contributed by atoms with Gasteiger partial charge < -0.3 is 15.4 Å². The number of aryl methyl sites for hydroxylation is 1. The van der Waals surface area contributed by atoms with Gasteiger partial charge in [-0.1, -0.05) is 0 Å². The van der Waals surface area contributed by atoms with E-state index in [0.717, 1.165) is 43.2 Å². The monoisotopic (exact) mass is 296 g/mol. The third kappa shape index (κ3) is 5.88. The fourth-order valence-electron chi connectivity index (χ4n) is 1.74. The molecule has 112 valence electrons. The van der Waals surface area contributed by atoms with Crippen molar-refractivity contribution in [1.29, 1.82) is 0 Å². The van der Waals surface area contributed by atoms with E-state index >= 15 is 0 Å². The summed E-state index contributed by atoms with van der Waals surface area (Å²) in [6.07, 6.45) is 4.57. The van der Waals surface area contributed by atoms with E-state index < -0.39 is 0 Å². The molecule has 1 fully saturated rings. The van der Waals surface area contributed by atoms with E-state index in [9.17, 15) is 0 Å². The van der Waals surface area contributed by atoms with Crippen LogP contribution in [0.3, 0.4) is 0 Å². The predicted molar refractivity (Wildman–Crippen MR) is 83.2 cm³/mol. The summed E-state index contributed by atoms with van der Waals surface area (Å²) in [6, 6.07) is 0. The van der Waals surface area contributed by atoms with E-state index in [-0.39, 0.29) is 0 Å². The van der Waals surface area contributed by atoms with Gasteiger partial charge in [0.15, 0.2) is 5.96 Å². The number of thiazole rings is 1. The van der Waals surface area contributed by atoms with Gasteiger partial charge in [0.05, 0.1) is 13.2 Å². The van der Waals surface area contributed by atoms with Crippen LogP contribution in [0, 0.1) is 12.8 Å². The lowest BCUT2D eigenvalue weighted by atomic mass is 10.5. The van der Waals surface area contributed by atoms with Crippen molar-refractivity contribution in [3.05, 3.63) is 16.1 Å². The maximum Gasteiger partial charge on any atom is 0.191 e. The molecule has 2 N–H and O–H groups in total. The summed E-state index contributed by atoms with van der Waals surface area (Å²) in [5.41, 5.74) is 0. The fourth-order valence-corrected chi connectivity index (χ4v) is 2.45. The van der Waals surface area contributed by atoms with Gasteiger partial charge in [-0.15, -0.1) is 11.3 Å². The lowest BCUT2D eigenvalue weighted by Crippen LogP contribution is -2.39.